The summed E-state index contributed by atoms with van der Waals surface area (Å²) >= 11 is 1.47. The van der Waals surface area contributed by atoms with E-state index in [0.717, 1.165) is 5.69 Å². The number of thioether (sulfide) groups is 1. The van der Waals surface area contributed by atoms with Gasteiger partial charge in [-0.25, -0.2) is 4.79 Å². The summed E-state index contributed by atoms with van der Waals surface area (Å²) in [7, 11) is 0. The molecule has 0 aliphatic carbocycles. The van der Waals surface area contributed by atoms with E-state index in [4.69, 9.17) is 4.74 Å². The number of nitriles is 1. The van der Waals surface area contributed by atoms with Crippen molar-refractivity contribution < 1.29 is 14.3 Å². The fraction of sp³-hybridized carbons (Fsp3) is 0.556. The molecule has 1 aromatic heterocycles. The molecule has 0 N–H and O–H groups in total. The molecule has 0 radical (unpaired) electrons. The fourth-order valence-electron chi connectivity index (χ4n) is 2.49. The van der Waals surface area contributed by atoms with Crippen LogP contribution in [0.1, 0.15) is 26.5 Å². The Morgan fingerprint density at radius 3 is 2.77 bits per heavy atom. The maximum Gasteiger partial charge on any atom is 0.410 e. The van der Waals surface area contributed by atoms with Crippen molar-refractivity contribution in [1.82, 2.24) is 14.8 Å². The zero-order chi connectivity index (χ0) is 19.2. The molecule has 0 spiro atoms. The smallest absolute Gasteiger partial charge is 0.410 e. The van der Waals surface area contributed by atoms with Crippen LogP contribution in [0, 0.1) is 11.3 Å². The third kappa shape index (κ3) is 5.92. The topological polar surface area (TPSA) is 86.5 Å². The van der Waals surface area contributed by atoms with E-state index < -0.39 is 17.7 Å². The average Bonchev–Trinajstić information content (AvgIpc) is 2.60. The number of ether oxygens (including phenoxy) is 1. The summed E-state index contributed by atoms with van der Waals surface area (Å²) in [6.07, 6.45) is 1.27. The minimum absolute atomic E-state index is 0.0960. The molecule has 26 heavy (non-hydrogen) atoms. The Morgan fingerprint density at radius 2 is 2.15 bits per heavy atom. The second-order valence-corrected chi connectivity index (χ2v) is 7.96. The van der Waals surface area contributed by atoms with Crippen LogP contribution in [-0.2, 0) is 15.3 Å². The predicted molar refractivity (Wildman–Crippen MR) is 99.3 cm³/mol. The maximum atomic E-state index is 12.5. The van der Waals surface area contributed by atoms with Crippen molar-refractivity contribution in [2.75, 3.05) is 25.4 Å². The monoisotopic (exact) mass is 376 g/mol. The zero-order valence-electron chi connectivity index (χ0n) is 15.3. The van der Waals surface area contributed by atoms with Crippen molar-refractivity contribution >= 4 is 23.8 Å². The summed E-state index contributed by atoms with van der Waals surface area (Å²) in [5.74, 6) is 0.824. The summed E-state index contributed by atoms with van der Waals surface area (Å²) in [6.45, 7) is 6.26. The Morgan fingerprint density at radius 1 is 1.38 bits per heavy atom. The van der Waals surface area contributed by atoms with Crippen LogP contribution in [0.25, 0.3) is 0 Å². The average molecular weight is 376 g/mol. The van der Waals surface area contributed by atoms with Gasteiger partial charge in [-0.15, -0.1) is 11.8 Å². The van der Waals surface area contributed by atoms with E-state index in [0.29, 0.717) is 18.8 Å². The molecule has 1 atom stereocenters. The second-order valence-electron chi connectivity index (χ2n) is 6.97. The van der Waals surface area contributed by atoms with Gasteiger partial charge in [0.25, 0.3) is 0 Å². The lowest BCUT2D eigenvalue weighted by molar-refractivity contribution is -0.131. The van der Waals surface area contributed by atoms with Crippen LogP contribution < -0.4 is 0 Å². The van der Waals surface area contributed by atoms with Crippen LogP contribution in [-0.4, -0.2) is 63.8 Å². The highest BCUT2D eigenvalue weighted by atomic mass is 32.2. The molecule has 1 fully saturated rings. The molecule has 0 bridgehead atoms. The molecule has 2 heterocycles. The van der Waals surface area contributed by atoms with Gasteiger partial charge < -0.3 is 14.5 Å². The van der Waals surface area contributed by atoms with Crippen LogP contribution in [0.2, 0.25) is 0 Å². The van der Waals surface area contributed by atoms with Crippen molar-refractivity contribution in [3.05, 3.63) is 30.1 Å². The van der Waals surface area contributed by atoms with E-state index in [2.05, 4.69) is 11.1 Å². The number of nitrogens with zero attached hydrogens (tertiary/aromatic N) is 4. The molecule has 8 heteroatoms. The quantitative estimate of drug-likeness (QED) is 0.801. The summed E-state index contributed by atoms with van der Waals surface area (Å²) in [5, 5.41) is 9.41. The lowest BCUT2D eigenvalue weighted by Gasteiger charge is -2.38. The lowest BCUT2D eigenvalue weighted by Crippen LogP contribution is -2.57. The van der Waals surface area contributed by atoms with E-state index in [1.54, 1.807) is 31.9 Å². The number of piperazine rings is 1. The molecule has 140 valence electrons. The van der Waals surface area contributed by atoms with Gasteiger partial charge in [-0.3, -0.25) is 9.78 Å². The Kier molecular flexibility index (Phi) is 6.86. The molecule has 7 nitrogen and oxygen atoms in total. The fourth-order valence-corrected chi connectivity index (χ4v) is 3.32. The molecule has 2 amide bonds. The van der Waals surface area contributed by atoms with Gasteiger partial charge >= 0.3 is 6.09 Å². The highest BCUT2D eigenvalue weighted by Crippen LogP contribution is 2.17. The van der Waals surface area contributed by atoms with Crippen LogP contribution >= 0.6 is 11.8 Å². The van der Waals surface area contributed by atoms with Crippen molar-refractivity contribution in [1.29, 1.82) is 5.26 Å². The van der Waals surface area contributed by atoms with Crippen molar-refractivity contribution in [2.24, 2.45) is 0 Å². The second kappa shape index (κ2) is 8.90. The lowest BCUT2D eigenvalue weighted by atomic mass is 10.2. The van der Waals surface area contributed by atoms with E-state index in [9.17, 15) is 14.9 Å². The van der Waals surface area contributed by atoms with Gasteiger partial charge in [-0.2, -0.15) is 5.26 Å². The van der Waals surface area contributed by atoms with Crippen LogP contribution in [0.3, 0.4) is 0 Å². The first-order chi connectivity index (χ1) is 12.3. The van der Waals surface area contributed by atoms with E-state index in [1.165, 1.54) is 16.7 Å². The van der Waals surface area contributed by atoms with E-state index >= 15 is 0 Å². The molecule has 1 aliphatic heterocycles. The van der Waals surface area contributed by atoms with Gasteiger partial charge in [0.2, 0.25) is 5.91 Å². The van der Waals surface area contributed by atoms with Crippen molar-refractivity contribution in [2.45, 2.75) is 38.2 Å². The molecule has 0 aromatic carbocycles. The van der Waals surface area contributed by atoms with Gasteiger partial charge in [0.05, 0.1) is 24.1 Å². The van der Waals surface area contributed by atoms with Gasteiger partial charge in [0.15, 0.2) is 0 Å². The normalized spacial score (nSPS) is 17.5. The molecule has 1 unspecified atom stereocenters. The number of carbonyl (C=O) groups excluding carboxylic acids is 2. The Bertz CT molecular complexity index is 669. The first kappa shape index (κ1) is 20.0. The SMILES string of the molecule is CC(C)(C)OC(=O)N1CCN(C(=O)CSCc2ccccn2)C(C#N)C1. The van der Waals surface area contributed by atoms with Gasteiger partial charge in [0.1, 0.15) is 11.6 Å². The van der Waals surface area contributed by atoms with Gasteiger partial charge in [-0.1, -0.05) is 6.07 Å². The predicted octanol–water partition coefficient (Wildman–Crippen LogP) is 2.29. The molecule has 1 saturated heterocycles. The molecule has 1 aromatic rings. The number of pyridine rings is 1. The molecular weight excluding hydrogens is 352 g/mol. The Hall–Kier alpha value is -2.27. The summed E-state index contributed by atoms with van der Waals surface area (Å²) in [5.41, 5.74) is 0.325. The van der Waals surface area contributed by atoms with E-state index in [1.807, 2.05) is 18.2 Å². The summed E-state index contributed by atoms with van der Waals surface area (Å²) < 4.78 is 5.34. The van der Waals surface area contributed by atoms with Crippen LogP contribution in [0.15, 0.2) is 24.4 Å². The molecule has 0 saturated carbocycles. The largest absolute Gasteiger partial charge is 0.444 e. The minimum Gasteiger partial charge on any atom is -0.444 e. The van der Waals surface area contributed by atoms with Crippen LogP contribution in [0.5, 0.6) is 0 Å². The summed E-state index contributed by atoms with van der Waals surface area (Å²) in [4.78, 5) is 31.9. The zero-order valence-corrected chi connectivity index (χ0v) is 16.2. The van der Waals surface area contributed by atoms with Gasteiger partial charge in [-0.05, 0) is 32.9 Å². The number of aromatic nitrogens is 1. The molecule has 1 aliphatic rings. The first-order valence-electron chi connectivity index (χ1n) is 8.45. The number of rotatable bonds is 4. The van der Waals surface area contributed by atoms with Crippen LogP contribution in [0.4, 0.5) is 4.79 Å². The third-order valence-electron chi connectivity index (χ3n) is 3.70. The van der Waals surface area contributed by atoms with Crippen molar-refractivity contribution in [3.8, 4) is 6.07 Å². The first-order valence-corrected chi connectivity index (χ1v) is 9.60. The van der Waals surface area contributed by atoms with E-state index in [-0.39, 0.29) is 18.2 Å². The number of hydrogen-bond acceptors (Lipinski definition) is 6. The number of carbonyl (C=O) groups is 2. The number of amides is 2. The highest BCUT2D eigenvalue weighted by molar-refractivity contribution is 7.99. The van der Waals surface area contributed by atoms with Gasteiger partial charge in [0, 0.05) is 25.0 Å². The Labute approximate surface area is 158 Å². The number of hydrogen-bond donors (Lipinski definition) is 0. The summed E-state index contributed by atoms with van der Waals surface area (Å²) in [6, 6.07) is 7.14. The van der Waals surface area contributed by atoms with Crippen molar-refractivity contribution in [3.63, 3.8) is 0 Å². The molecular formula is C18H24N4O3S. The molecule has 2 rings (SSSR count). The highest BCUT2D eigenvalue weighted by Gasteiger charge is 2.34. The Balaban J connectivity index is 1.85. The minimum atomic E-state index is -0.654. The standard InChI is InChI=1S/C18H24N4O3S/c1-18(2,3)25-17(24)21-8-9-22(15(10-19)11-21)16(23)13-26-12-14-6-4-5-7-20-14/h4-7,15H,8-9,11-13H2,1-3H3. The maximum absolute atomic E-state index is 12.5. The third-order valence-corrected chi connectivity index (χ3v) is 4.65.